The molecule has 2 N–H and O–H groups in total. The first-order valence-electron chi connectivity index (χ1n) is 6.87. The van der Waals surface area contributed by atoms with Gasteiger partial charge in [-0.15, -0.1) is 0 Å². The predicted molar refractivity (Wildman–Crippen MR) is 70.4 cm³/mol. The monoisotopic (exact) mass is 247 g/mol. The Labute approximate surface area is 108 Å². The van der Waals surface area contributed by atoms with Crippen LogP contribution in [-0.2, 0) is 15.9 Å². The summed E-state index contributed by atoms with van der Waals surface area (Å²) in [7, 11) is 0. The summed E-state index contributed by atoms with van der Waals surface area (Å²) in [6, 6.07) is 8.48. The summed E-state index contributed by atoms with van der Waals surface area (Å²) >= 11 is 0. The zero-order chi connectivity index (χ0) is 12.4. The standard InChI is InChI=1S/C15H21NO2/c16-15-13-4-2-1-3-12(13)5-6-14(15)18-10-11-7-8-17-9-11/h1-4,11,14-15H,5-10,16H2. The highest BCUT2D eigenvalue weighted by atomic mass is 16.5. The van der Waals surface area contributed by atoms with Gasteiger partial charge in [0.1, 0.15) is 0 Å². The Balaban J connectivity index is 1.61. The predicted octanol–water partition coefficient (Wildman–Crippen LogP) is 2.05. The Kier molecular flexibility index (Phi) is 3.64. The molecule has 0 saturated carbocycles. The van der Waals surface area contributed by atoms with Crippen LogP contribution in [0.3, 0.4) is 0 Å². The van der Waals surface area contributed by atoms with Gasteiger partial charge in [-0.25, -0.2) is 0 Å². The molecule has 3 atom stereocenters. The van der Waals surface area contributed by atoms with Crippen molar-refractivity contribution in [3.05, 3.63) is 35.4 Å². The van der Waals surface area contributed by atoms with Crippen LogP contribution < -0.4 is 5.73 Å². The van der Waals surface area contributed by atoms with Gasteiger partial charge < -0.3 is 15.2 Å². The third-order valence-electron chi connectivity index (χ3n) is 4.08. The molecule has 0 radical (unpaired) electrons. The minimum Gasteiger partial charge on any atom is -0.381 e. The summed E-state index contributed by atoms with van der Waals surface area (Å²) in [4.78, 5) is 0. The summed E-state index contributed by atoms with van der Waals surface area (Å²) in [5.74, 6) is 0.564. The van der Waals surface area contributed by atoms with Crippen molar-refractivity contribution in [1.29, 1.82) is 0 Å². The van der Waals surface area contributed by atoms with E-state index in [2.05, 4.69) is 24.3 Å². The van der Waals surface area contributed by atoms with E-state index in [-0.39, 0.29) is 12.1 Å². The quantitative estimate of drug-likeness (QED) is 0.889. The highest BCUT2D eigenvalue weighted by molar-refractivity contribution is 5.33. The number of hydrogen-bond acceptors (Lipinski definition) is 3. The highest BCUT2D eigenvalue weighted by Gasteiger charge is 2.28. The third kappa shape index (κ3) is 2.44. The Morgan fingerprint density at radius 3 is 3.00 bits per heavy atom. The van der Waals surface area contributed by atoms with E-state index in [0.717, 1.165) is 39.1 Å². The lowest BCUT2D eigenvalue weighted by Crippen LogP contribution is -2.35. The molecular weight excluding hydrogens is 226 g/mol. The van der Waals surface area contributed by atoms with Gasteiger partial charge in [-0.1, -0.05) is 24.3 Å². The number of rotatable bonds is 3. The van der Waals surface area contributed by atoms with Crippen LogP contribution in [0.4, 0.5) is 0 Å². The first kappa shape index (κ1) is 12.2. The molecular formula is C15H21NO2. The molecule has 1 fully saturated rings. The van der Waals surface area contributed by atoms with E-state index in [1.165, 1.54) is 11.1 Å². The maximum atomic E-state index is 6.32. The average Bonchev–Trinajstić information content (AvgIpc) is 2.91. The second kappa shape index (κ2) is 5.39. The molecule has 0 amide bonds. The molecule has 3 rings (SSSR count). The Morgan fingerprint density at radius 1 is 1.28 bits per heavy atom. The molecule has 0 spiro atoms. The molecule has 1 aromatic carbocycles. The number of benzene rings is 1. The fourth-order valence-electron chi connectivity index (χ4n) is 2.93. The molecule has 2 aliphatic rings. The van der Waals surface area contributed by atoms with Crippen LogP contribution >= 0.6 is 0 Å². The van der Waals surface area contributed by atoms with Gasteiger partial charge in [0.15, 0.2) is 0 Å². The van der Waals surface area contributed by atoms with Gasteiger partial charge in [0.2, 0.25) is 0 Å². The normalized spacial score (nSPS) is 31.3. The molecule has 3 unspecified atom stereocenters. The van der Waals surface area contributed by atoms with Crippen LogP contribution in [0.25, 0.3) is 0 Å². The third-order valence-corrected chi connectivity index (χ3v) is 4.08. The molecule has 3 heteroatoms. The van der Waals surface area contributed by atoms with Gasteiger partial charge in [0.25, 0.3) is 0 Å². The summed E-state index contributed by atoms with van der Waals surface area (Å²) in [5.41, 5.74) is 8.96. The molecule has 0 aromatic heterocycles. The van der Waals surface area contributed by atoms with E-state index in [0.29, 0.717) is 5.92 Å². The Morgan fingerprint density at radius 2 is 2.17 bits per heavy atom. The van der Waals surface area contributed by atoms with E-state index in [4.69, 9.17) is 15.2 Å². The van der Waals surface area contributed by atoms with Crippen molar-refractivity contribution in [1.82, 2.24) is 0 Å². The van der Waals surface area contributed by atoms with E-state index >= 15 is 0 Å². The number of ether oxygens (including phenoxy) is 2. The maximum absolute atomic E-state index is 6.32. The largest absolute Gasteiger partial charge is 0.381 e. The van der Waals surface area contributed by atoms with Gasteiger partial charge in [-0.3, -0.25) is 0 Å². The molecule has 1 aliphatic carbocycles. The zero-order valence-electron chi connectivity index (χ0n) is 10.7. The summed E-state index contributed by atoms with van der Waals surface area (Å²) in [6.07, 6.45) is 3.40. The molecule has 1 heterocycles. The summed E-state index contributed by atoms with van der Waals surface area (Å²) in [6.45, 7) is 2.52. The molecule has 0 bridgehead atoms. The minimum atomic E-state index is 0.0253. The average molecular weight is 247 g/mol. The van der Waals surface area contributed by atoms with Gasteiger partial charge in [0, 0.05) is 12.5 Å². The van der Waals surface area contributed by atoms with Crippen LogP contribution in [0.1, 0.15) is 30.0 Å². The minimum absolute atomic E-state index is 0.0253. The lowest BCUT2D eigenvalue weighted by atomic mass is 9.86. The van der Waals surface area contributed by atoms with Gasteiger partial charge in [0.05, 0.1) is 25.4 Å². The molecule has 1 aromatic rings. The van der Waals surface area contributed by atoms with Crippen molar-refractivity contribution in [2.45, 2.75) is 31.4 Å². The van der Waals surface area contributed by atoms with Crippen LogP contribution in [-0.4, -0.2) is 25.9 Å². The van der Waals surface area contributed by atoms with E-state index in [9.17, 15) is 0 Å². The Hall–Kier alpha value is -0.900. The van der Waals surface area contributed by atoms with Crippen LogP contribution in [0, 0.1) is 5.92 Å². The van der Waals surface area contributed by atoms with Gasteiger partial charge >= 0.3 is 0 Å². The second-order valence-electron chi connectivity index (χ2n) is 5.36. The van der Waals surface area contributed by atoms with Crippen molar-refractivity contribution in [2.24, 2.45) is 11.7 Å². The lowest BCUT2D eigenvalue weighted by molar-refractivity contribution is 0.00294. The smallest absolute Gasteiger partial charge is 0.0771 e. The zero-order valence-corrected chi connectivity index (χ0v) is 10.7. The van der Waals surface area contributed by atoms with Crippen molar-refractivity contribution >= 4 is 0 Å². The molecule has 98 valence electrons. The number of aryl methyl sites for hydroxylation is 1. The second-order valence-corrected chi connectivity index (χ2v) is 5.36. The van der Waals surface area contributed by atoms with Crippen LogP contribution in [0.5, 0.6) is 0 Å². The molecule has 1 saturated heterocycles. The van der Waals surface area contributed by atoms with Crippen molar-refractivity contribution < 1.29 is 9.47 Å². The molecule has 3 nitrogen and oxygen atoms in total. The topological polar surface area (TPSA) is 44.5 Å². The van der Waals surface area contributed by atoms with E-state index in [1.54, 1.807) is 0 Å². The fourth-order valence-corrected chi connectivity index (χ4v) is 2.93. The number of nitrogens with two attached hydrogens (primary N) is 1. The maximum Gasteiger partial charge on any atom is 0.0771 e. The summed E-state index contributed by atoms with van der Waals surface area (Å²) < 4.78 is 11.4. The number of hydrogen-bond donors (Lipinski definition) is 1. The SMILES string of the molecule is NC1c2ccccc2CCC1OCC1CCOC1. The fraction of sp³-hybridized carbons (Fsp3) is 0.600. The lowest BCUT2D eigenvalue weighted by Gasteiger charge is -2.31. The van der Waals surface area contributed by atoms with Crippen molar-refractivity contribution in [3.8, 4) is 0 Å². The molecule has 18 heavy (non-hydrogen) atoms. The van der Waals surface area contributed by atoms with E-state index < -0.39 is 0 Å². The molecule has 1 aliphatic heterocycles. The highest BCUT2D eigenvalue weighted by Crippen LogP contribution is 2.30. The van der Waals surface area contributed by atoms with Crippen molar-refractivity contribution in [3.63, 3.8) is 0 Å². The van der Waals surface area contributed by atoms with Crippen LogP contribution in [0.15, 0.2) is 24.3 Å². The van der Waals surface area contributed by atoms with Crippen molar-refractivity contribution in [2.75, 3.05) is 19.8 Å². The van der Waals surface area contributed by atoms with Crippen LogP contribution in [0.2, 0.25) is 0 Å². The number of fused-ring (bicyclic) bond motifs is 1. The first-order chi connectivity index (χ1) is 8.84. The Bertz CT molecular complexity index is 401. The van der Waals surface area contributed by atoms with Gasteiger partial charge in [-0.2, -0.15) is 0 Å². The first-order valence-corrected chi connectivity index (χ1v) is 6.87. The van der Waals surface area contributed by atoms with Gasteiger partial charge in [-0.05, 0) is 30.4 Å². The summed E-state index contributed by atoms with van der Waals surface area (Å²) in [5, 5.41) is 0. The van der Waals surface area contributed by atoms with E-state index in [1.807, 2.05) is 0 Å².